The van der Waals surface area contributed by atoms with Crippen molar-refractivity contribution in [3.8, 4) is 0 Å². The van der Waals surface area contributed by atoms with E-state index in [9.17, 15) is 34.2 Å². The first-order valence-corrected chi connectivity index (χ1v) is 14.8. The molecule has 12 nitrogen and oxygen atoms in total. The largest absolute Gasteiger partial charge is 0.480 e. The smallest absolute Gasteiger partial charge is 0.408 e. The van der Waals surface area contributed by atoms with Gasteiger partial charge in [-0.2, -0.15) is 0 Å². The van der Waals surface area contributed by atoms with Crippen LogP contribution in [0.3, 0.4) is 0 Å². The third-order valence-electron chi connectivity index (χ3n) is 6.69. The molecule has 2 aromatic carbocycles. The monoisotopic (exact) mass is 627 g/mol. The molecule has 45 heavy (non-hydrogen) atoms. The van der Waals surface area contributed by atoms with E-state index in [1.807, 2.05) is 0 Å². The summed E-state index contributed by atoms with van der Waals surface area (Å²) in [7, 11) is 1.51. The van der Waals surface area contributed by atoms with Crippen molar-refractivity contribution in [2.24, 2.45) is 0 Å². The summed E-state index contributed by atoms with van der Waals surface area (Å²) in [5, 5.41) is 25.1. The Morgan fingerprint density at radius 1 is 0.889 bits per heavy atom. The first-order chi connectivity index (χ1) is 21.2. The topological polar surface area (TPSA) is 172 Å². The maximum atomic E-state index is 14.4. The van der Waals surface area contributed by atoms with E-state index in [4.69, 9.17) is 9.47 Å². The van der Waals surface area contributed by atoms with E-state index in [2.05, 4.69) is 10.6 Å². The zero-order valence-electron chi connectivity index (χ0n) is 26.5. The highest BCUT2D eigenvalue weighted by molar-refractivity contribution is 6.03. The van der Waals surface area contributed by atoms with Gasteiger partial charge in [0, 0.05) is 26.6 Å². The van der Waals surface area contributed by atoms with Gasteiger partial charge >= 0.3 is 12.1 Å². The standard InChI is InChI=1S/C33H45N3O9/c1-22(31(41)42)34-29(39)27(20-24-15-10-7-11-16-24)36(28(38)21-25(37)17-12-18-44-5)30(40)26(19-23-13-8-6-9-14-23)35-32(43)45-33(2,3)4/h6-11,13-16,22,25-27,37H,12,17-21H2,1-5H3,(H,34,39)(H,35,43)(H,41,42)/t22-,25-,26-,27-/m1/s1. The number of ether oxygens (including phenoxy) is 2. The van der Waals surface area contributed by atoms with Gasteiger partial charge in [0.15, 0.2) is 0 Å². The van der Waals surface area contributed by atoms with Crippen LogP contribution in [0.15, 0.2) is 60.7 Å². The third-order valence-corrected chi connectivity index (χ3v) is 6.69. The summed E-state index contributed by atoms with van der Waals surface area (Å²) < 4.78 is 10.4. The Morgan fingerprint density at radius 3 is 1.96 bits per heavy atom. The van der Waals surface area contributed by atoms with E-state index < -0.39 is 66.0 Å². The average molecular weight is 628 g/mol. The Bertz CT molecular complexity index is 1270. The quantitative estimate of drug-likeness (QED) is 0.204. The predicted molar refractivity (Wildman–Crippen MR) is 166 cm³/mol. The van der Waals surface area contributed by atoms with Gasteiger partial charge in [0.2, 0.25) is 11.8 Å². The first kappa shape index (κ1) is 36.9. The van der Waals surface area contributed by atoms with E-state index in [1.54, 1.807) is 81.4 Å². The van der Waals surface area contributed by atoms with E-state index in [-0.39, 0.29) is 19.3 Å². The second kappa shape index (κ2) is 17.9. The molecular formula is C33H45N3O9. The molecule has 0 bridgehead atoms. The predicted octanol–water partition coefficient (Wildman–Crippen LogP) is 2.86. The summed E-state index contributed by atoms with van der Waals surface area (Å²) in [6, 6.07) is 13.2. The van der Waals surface area contributed by atoms with Gasteiger partial charge in [-0.25, -0.2) is 4.79 Å². The van der Waals surface area contributed by atoms with Crippen LogP contribution in [0.2, 0.25) is 0 Å². The number of nitrogens with zero attached hydrogens (tertiary/aromatic N) is 1. The summed E-state index contributed by atoms with van der Waals surface area (Å²) in [6.45, 7) is 6.58. The molecule has 0 fully saturated rings. The Balaban J connectivity index is 2.61. The average Bonchev–Trinajstić information content (AvgIpc) is 2.96. The second-order valence-corrected chi connectivity index (χ2v) is 11.8. The molecule has 0 spiro atoms. The number of aliphatic carboxylic acids is 1. The van der Waals surface area contributed by atoms with Crippen LogP contribution in [0.1, 0.15) is 58.1 Å². The fraction of sp³-hybridized carbons (Fsp3) is 0.485. The van der Waals surface area contributed by atoms with Gasteiger partial charge in [0.1, 0.15) is 23.7 Å². The molecule has 0 heterocycles. The molecule has 0 aliphatic rings. The van der Waals surface area contributed by atoms with Crippen molar-refractivity contribution in [1.29, 1.82) is 0 Å². The maximum Gasteiger partial charge on any atom is 0.408 e. The van der Waals surface area contributed by atoms with Gasteiger partial charge < -0.3 is 30.3 Å². The number of hydrogen-bond donors (Lipinski definition) is 4. The van der Waals surface area contributed by atoms with Crippen molar-refractivity contribution < 1.29 is 43.7 Å². The van der Waals surface area contributed by atoms with Crippen molar-refractivity contribution in [3.63, 3.8) is 0 Å². The highest BCUT2D eigenvalue weighted by Gasteiger charge is 2.40. The van der Waals surface area contributed by atoms with E-state index in [1.165, 1.54) is 14.0 Å². The minimum Gasteiger partial charge on any atom is -0.480 e. The van der Waals surface area contributed by atoms with Crippen molar-refractivity contribution in [1.82, 2.24) is 15.5 Å². The zero-order chi connectivity index (χ0) is 33.6. The van der Waals surface area contributed by atoms with Crippen molar-refractivity contribution in [3.05, 3.63) is 71.8 Å². The van der Waals surface area contributed by atoms with Crippen LogP contribution in [0.4, 0.5) is 4.79 Å². The number of amides is 4. The van der Waals surface area contributed by atoms with Gasteiger partial charge in [-0.1, -0.05) is 60.7 Å². The molecule has 0 saturated carbocycles. The molecule has 0 aliphatic heterocycles. The number of aliphatic hydroxyl groups is 1. The number of carboxylic acids is 1. The van der Waals surface area contributed by atoms with Gasteiger partial charge in [0.05, 0.1) is 12.5 Å². The van der Waals surface area contributed by atoms with Crippen LogP contribution in [-0.2, 0) is 41.5 Å². The molecule has 0 saturated heterocycles. The number of carbonyl (C=O) groups is 5. The molecule has 4 N–H and O–H groups in total. The van der Waals surface area contributed by atoms with Gasteiger partial charge in [-0.15, -0.1) is 0 Å². The number of aliphatic hydroxyl groups excluding tert-OH is 1. The maximum absolute atomic E-state index is 14.4. The summed E-state index contributed by atoms with van der Waals surface area (Å²) in [5.41, 5.74) is 0.351. The minimum absolute atomic E-state index is 0.0513. The molecule has 0 aromatic heterocycles. The fourth-order valence-corrected chi connectivity index (χ4v) is 4.49. The summed E-state index contributed by atoms with van der Waals surface area (Å²) in [4.78, 5) is 67.3. The number of imide groups is 1. The molecule has 4 amide bonds. The van der Waals surface area contributed by atoms with E-state index in [0.29, 0.717) is 24.2 Å². The van der Waals surface area contributed by atoms with Gasteiger partial charge in [-0.05, 0) is 51.7 Å². The Hall–Kier alpha value is -4.29. The first-order valence-electron chi connectivity index (χ1n) is 14.8. The number of carboxylic acid groups (broad SMARTS) is 1. The Labute approximate surface area is 264 Å². The number of alkyl carbamates (subject to hydrolysis) is 1. The van der Waals surface area contributed by atoms with Crippen LogP contribution in [-0.4, -0.2) is 88.4 Å². The zero-order valence-corrected chi connectivity index (χ0v) is 26.5. The number of rotatable bonds is 16. The number of nitrogens with one attached hydrogen (secondary N) is 2. The summed E-state index contributed by atoms with van der Waals surface area (Å²) in [6.07, 6.45) is -2.14. The van der Waals surface area contributed by atoms with Crippen molar-refractivity contribution in [2.45, 2.75) is 89.6 Å². The molecule has 0 unspecified atom stereocenters. The lowest BCUT2D eigenvalue weighted by atomic mass is 9.99. The molecule has 0 radical (unpaired) electrons. The third kappa shape index (κ3) is 13.1. The SMILES string of the molecule is COCCC[C@@H](O)CC(=O)N(C(=O)[C@@H](Cc1ccccc1)NC(=O)OC(C)(C)C)[C@H](Cc1ccccc1)C(=O)N[C@H](C)C(=O)O. The lowest BCUT2D eigenvalue weighted by molar-refractivity contribution is -0.154. The fourth-order valence-electron chi connectivity index (χ4n) is 4.49. The van der Waals surface area contributed by atoms with Gasteiger partial charge in [0.25, 0.3) is 5.91 Å². The lowest BCUT2D eigenvalue weighted by Crippen LogP contribution is -2.60. The minimum atomic E-state index is -1.51. The molecule has 12 heteroatoms. The number of carbonyl (C=O) groups excluding carboxylic acids is 4. The molecule has 246 valence electrons. The highest BCUT2D eigenvalue weighted by atomic mass is 16.6. The van der Waals surface area contributed by atoms with E-state index >= 15 is 0 Å². The number of methoxy groups -OCH3 is 1. The second-order valence-electron chi connectivity index (χ2n) is 11.8. The van der Waals surface area contributed by atoms with Crippen molar-refractivity contribution in [2.75, 3.05) is 13.7 Å². The van der Waals surface area contributed by atoms with Gasteiger partial charge in [-0.3, -0.25) is 24.1 Å². The normalized spacial score (nSPS) is 13.9. The van der Waals surface area contributed by atoms with Crippen LogP contribution in [0, 0.1) is 0 Å². The van der Waals surface area contributed by atoms with Crippen LogP contribution in [0.5, 0.6) is 0 Å². The summed E-state index contributed by atoms with van der Waals surface area (Å²) >= 11 is 0. The molecule has 2 aromatic rings. The van der Waals surface area contributed by atoms with E-state index in [0.717, 1.165) is 4.90 Å². The highest BCUT2D eigenvalue weighted by Crippen LogP contribution is 2.18. The Morgan fingerprint density at radius 2 is 1.44 bits per heavy atom. The van der Waals surface area contributed by atoms with Crippen LogP contribution >= 0.6 is 0 Å². The molecule has 0 aliphatic carbocycles. The summed E-state index contributed by atoms with van der Waals surface area (Å²) in [5.74, 6) is -3.99. The van der Waals surface area contributed by atoms with Crippen LogP contribution < -0.4 is 10.6 Å². The van der Waals surface area contributed by atoms with Crippen molar-refractivity contribution >= 4 is 29.8 Å². The Kier molecular flexibility index (Phi) is 14.7. The number of hydrogen-bond acceptors (Lipinski definition) is 8. The van der Waals surface area contributed by atoms with Crippen LogP contribution in [0.25, 0.3) is 0 Å². The lowest BCUT2D eigenvalue weighted by Gasteiger charge is -2.34. The molecule has 4 atom stereocenters. The molecule has 2 rings (SSSR count). The molecular weight excluding hydrogens is 582 g/mol. The number of benzene rings is 2.